The quantitative estimate of drug-likeness (QED) is 0.858. The van der Waals surface area contributed by atoms with E-state index < -0.39 is 5.97 Å². The number of piperidine rings is 1. The summed E-state index contributed by atoms with van der Waals surface area (Å²) in [6, 6.07) is 1.52. The lowest BCUT2D eigenvalue weighted by molar-refractivity contribution is 0.0528. The zero-order valence-electron chi connectivity index (χ0n) is 12.7. The minimum Gasteiger partial charge on any atom is -0.462 e. The maximum atomic E-state index is 12.2. The van der Waals surface area contributed by atoms with E-state index in [4.69, 9.17) is 4.74 Å². The third-order valence-electron chi connectivity index (χ3n) is 3.88. The van der Waals surface area contributed by atoms with Gasteiger partial charge in [-0.25, -0.2) is 14.3 Å². The van der Waals surface area contributed by atoms with Crippen LogP contribution < -0.4 is 5.56 Å². The van der Waals surface area contributed by atoms with Crippen molar-refractivity contribution in [3.8, 4) is 0 Å². The topological polar surface area (TPSA) is 79.7 Å². The van der Waals surface area contributed by atoms with E-state index in [1.54, 1.807) is 6.92 Å². The number of esters is 1. The molecule has 3 heterocycles. The molecule has 1 aliphatic rings. The van der Waals surface area contributed by atoms with Gasteiger partial charge in [-0.2, -0.15) is 0 Å². The number of hydrogen-bond acceptors (Lipinski definition) is 5. The van der Waals surface area contributed by atoms with Gasteiger partial charge in [-0.15, -0.1) is 0 Å². The van der Waals surface area contributed by atoms with Gasteiger partial charge in [-0.05, 0) is 32.9 Å². The highest BCUT2D eigenvalue weighted by Gasteiger charge is 2.18. The van der Waals surface area contributed by atoms with Crippen LogP contribution in [-0.4, -0.2) is 45.2 Å². The second-order valence-electron chi connectivity index (χ2n) is 5.49. The molecule has 7 nitrogen and oxygen atoms in total. The van der Waals surface area contributed by atoms with E-state index in [1.165, 1.54) is 36.0 Å². The maximum absolute atomic E-state index is 12.2. The standard InChI is InChI=1S/C15H20N4O3/c1-2-22-15(21)12-9-16-19-13(20)8-11(17-14(12)19)10-18-6-4-3-5-7-18/h8-9,16H,2-7,10H2,1H3. The number of hydrogen-bond donors (Lipinski definition) is 1. The van der Waals surface area contributed by atoms with Gasteiger partial charge in [0.05, 0.1) is 12.3 Å². The molecular formula is C15H20N4O3. The number of rotatable bonds is 4. The summed E-state index contributed by atoms with van der Waals surface area (Å²) in [4.78, 5) is 30.9. The van der Waals surface area contributed by atoms with E-state index in [0.717, 1.165) is 13.1 Å². The van der Waals surface area contributed by atoms with E-state index in [9.17, 15) is 9.59 Å². The van der Waals surface area contributed by atoms with Crippen LogP contribution >= 0.6 is 0 Å². The minimum absolute atomic E-state index is 0.215. The summed E-state index contributed by atoms with van der Waals surface area (Å²) in [5, 5.41) is 2.75. The fourth-order valence-corrected chi connectivity index (χ4v) is 2.82. The van der Waals surface area contributed by atoms with Crippen molar-refractivity contribution in [1.29, 1.82) is 0 Å². The molecule has 1 fully saturated rings. The predicted molar refractivity (Wildman–Crippen MR) is 80.9 cm³/mol. The average molecular weight is 304 g/mol. The van der Waals surface area contributed by atoms with Gasteiger partial charge in [-0.3, -0.25) is 14.8 Å². The van der Waals surface area contributed by atoms with E-state index >= 15 is 0 Å². The molecule has 2 aromatic heterocycles. The summed E-state index contributed by atoms with van der Waals surface area (Å²) in [5.74, 6) is -0.469. The minimum atomic E-state index is -0.469. The Morgan fingerprint density at radius 2 is 2.14 bits per heavy atom. The van der Waals surface area contributed by atoms with Gasteiger partial charge >= 0.3 is 5.97 Å². The Bertz CT molecular complexity index is 728. The fraction of sp³-hybridized carbons (Fsp3) is 0.533. The second-order valence-corrected chi connectivity index (χ2v) is 5.49. The number of aromatic amines is 1. The third-order valence-corrected chi connectivity index (χ3v) is 3.88. The number of aromatic nitrogens is 3. The molecule has 0 radical (unpaired) electrons. The lowest BCUT2D eigenvalue weighted by Gasteiger charge is -2.25. The zero-order chi connectivity index (χ0) is 15.5. The number of likely N-dealkylation sites (tertiary alicyclic amines) is 1. The SMILES string of the molecule is CCOC(=O)c1c[nH]n2c(=O)cc(CN3CCCCC3)nc12. The molecule has 0 aromatic carbocycles. The van der Waals surface area contributed by atoms with Crippen molar-refractivity contribution >= 4 is 11.6 Å². The molecular weight excluding hydrogens is 284 g/mol. The van der Waals surface area contributed by atoms with Crippen molar-refractivity contribution in [2.45, 2.75) is 32.7 Å². The number of carbonyl (C=O) groups excluding carboxylic acids is 1. The molecule has 22 heavy (non-hydrogen) atoms. The Hall–Kier alpha value is -2.15. The molecule has 0 saturated carbocycles. The molecule has 0 spiro atoms. The monoisotopic (exact) mass is 304 g/mol. The fourth-order valence-electron chi connectivity index (χ4n) is 2.82. The Morgan fingerprint density at radius 3 is 2.86 bits per heavy atom. The Kier molecular flexibility index (Phi) is 4.24. The molecule has 1 saturated heterocycles. The molecule has 0 bridgehead atoms. The molecule has 1 N–H and O–H groups in total. The van der Waals surface area contributed by atoms with Crippen LogP contribution in [0.5, 0.6) is 0 Å². The van der Waals surface area contributed by atoms with E-state index in [-0.39, 0.29) is 12.2 Å². The van der Waals surface area contributed by atoms with Gasteiger partial charge in [0.2, 0.25) is 0 Å². The maximum Gasteiger partial charge on any atom is 0.343 e. The van der Waals surface area contributed by atoms with Crippen LogP contribution in [0.3, 0.4) is 0 Å². The van der Waals surface area contributed by atoms with Crippen molar-refractivity contribution in [3.05, 3.63) is 33.9 Å². The summed E-state index contributed by atoms with van der Waals surface area (Å²) < 4.78 is 6.27. The van der Waals surface area contributed by atoms with Crippen LogP contribution in [0.25, 0.3) is 5.65 Å². The number of nitrogens with zero attached hydrogens (tertiary/aromatic N) is 3. The summed E-state index contributed by atoms with van der Waals surface area (Å²) in [5.41, 5.74) is 1.10. The van der Waals surface area contributed by atoms with Gasteiger partial charge < -0.3 is 4.74 Å². The van der Waals surface area contributed by atoms with Gasteiger partial charge in [0.15, 0.2) is 5.65 Å². The highest BCUT2D eigenvalue weighted by molar-refractivity contribution is 5.95. The third kappa shape index (κ3) is 2.89. The zero-order valence-corrected chi connectivity index (χ0v) is 12.7. The van der Waals surface area contributed by atoms with Crippen molar-refractivity contribution in [3.63, 3.8) is 0 Å². The van der Waals surface area contributed by atoms with Crippen molar-refractivity contribution in [2.75, 3.05) is 19.7 Å². The number of fused-ring (bicyclic) bond motifs is 1. The smallest absolute Gasteiger partial charge is 0.343 e. The van der Waals surface area contributed by atoms with E-state index in [1.807, 2.05) is 0 Å². The highest BCUT2D eigenvalue weighted by Crippen LogP contribution is 2.13. The van der Waals surface area contributed by atoms with Gasteiger partial charge in [-0.1, -0.05) is 6.42 Å². The number of H-pyrrole nitrogens is 1. The summed E-state index contributed by atoms with van der Waals surface area (Å²) in [6.45, 7) is 4.72. The Labute approximate surface area is 127 Å². The van der Waals surface area contributed by atoms with Crippen LogP contribution in [0.2, 0.25) is 0 Å². The first-order valence-electron chi connectivity index (χ1n) is 7.68. The lowest BCUT2D eigenvalue weighted by Crippen LogP contribution is -2.30. The van der Waals surface area contributed by atoms with Crippen LogP contribution in [0.4, 0.5) is 0 Å². The molecule has 3 rings (SSSR count). The number of nitrogens with one attached hydrogen (secondary N) is 1. The molecule has 0 atom stereocenters. The Balaban J connectivity index is 1.93. The van der Waals surface area contributed by atoms with Crippen LogP contribution in [0, 0.1) is 0 Å². The lowest BCUT2D eigenvalue weighted by atomic mass is 10.1. The Morgan fingerprint density at radius 1 is 1.36 bits per heavy atom. The molecule has 1 aliphatic heterocycles. The van der Waals surface area contributed by atoms with Crippen molar-refractivity contribution in [2.24, 2.45) is 0 Å². The van der Waals surface area contributed by atoms with Crippen LogP contribution in [0.15, 0.2) is 17.1 Å². The molecule has 0 aliphatic carbocycles. The van der Waals surface area contributed by atoms with Gasteiger partial charge in [0, 0.05) is 18.8 Å². The molecule has 118 valence electrons. The molecule has 0 unspecified atom stereocenters. The molecule has 7 heteroatoms. The van der Waals surface area contributed by atoms with Crippen molar-refractivity contribution < 1.29 is 9.53 Å². The molecule has 2 aromatic rings. The van der Waals surface area contributed by atoms with E-state index in [2.05, 4.69) is 15.0 Å². The van der Waals surface area contributed by atoms with E-state index in [0.29, 0.717) is 23.4 Å². The molecule has 0 amide bonds. The summed E-state index contributed by atoms with van der Waals surface area (Å²) >= 11 is 0. The summed E-state index contributed by atoms with van der Waals surface area (Å²) in [7, 11) is 0. The first-order valence-corrected chi connectivity index (χ1v) is 7.68. The highest BCUT2D eigenvalue weighted by atomic mass is 16.5. The first-order chi connectivity index (χ1) is 10.7. The number of carbonyl (C=O) groups is 1. The normalized spacial score (nSPS) is 16.0. The van der Waals surface area contributed by atoms with Gasteiger partial charge in [0.1, 0.15) is 5.56 Å². The number of ether oxygens (including phenoxy) is 1. The second kappa shape index (κ2) is 6.31. The van der Waals surface area contributed by atoms with Crippen LogP contribution in [-0.2, 0) is 11.3 Å². The average Bonchev–Trinajstić information content (AvgIpc) is 2.93. The van der Waals surface area contributed by atoms with Crippen molar-refractivity contribution in [1.82, 2.24) is 19.5 Å². The first kappa shape index (κ1) is 14.8. The van der Waals surface area contributed by atoms with Gasteiger partial charge in [0.25, 0.3) is 5.56 Å². The summed E-state index contributed by atoms with van der Waals surface area (Å²) in [6.07, 6.45) is 5.09. The van der Waals surface area contributed by atoms with Crippen LogP contribution in [0.1, 0.15) is 42.2 Å². The predicted octanol–water partition coefficient (Wildman–Crippen LogP) is 1.19. The largest absolute Gasteiger partial charge is 0.462 e.